The lowest BCUT2D eigenvalue weighted by molar-refractivity contribution is 0.490. The molecule has 4 heteroatoms. The fourth-order valence-corrected chi connectivity index (χ4v) is 6.82. The van der Waals surface area contributed by atoms with E-state index >= 15 is 4.39 Å². The molecule has 0 spiro atoms. The third-order valence-corrected chi connectivity index (χ3v) is 9.30. The van der Waals surface area contributed by atoms with E-state index in [9.17, 15) is 0 Å². The zero-order chi connectivity index (χ0) is 33.6. The predicted molar refractivity (Wildman–Crippen MR) is 204 cm³/mol. The molecule has 0 amide bonds. The Labute approximate surface area is 284 Å². The molecule has 0 aliphatic carbocycles. The van der Waals surface area contributed by atoms with Crippen LogP contribution in [0.25, 0.3) is 21.9 Å². The van der Waals surface area contributed by atoms with Gasteiger partial charge in [-0.2, -0.15) is 0 Å². The van der Waals surface area contributed by atoms with Crippen LogP contribution in [0.3, 0.4) is 0 Å². The third-order valence-electron chi connectivity index (χ3n) is 9.30. The summed E-state index contributed by atoms with van der Waals surface area (Å²) >= 11 is 0. The van der Waals surface area contributed by atoms with Gasteiger partial charge in [-0.1, -0.05) is 128 Å². The van der Waals surface area contributed by atoms with E-state index in [4.69, 9.17) is 4.99 Å². The summed E-state index contributed by atoms with van der Waals surface area (Å²) in [6, 6.07) is 36.0. The Morgan fingerprint density at radius 2 is 1.56 bits per heavy atom. The van der Waals surface area contributed by atoms with Crippen LogP contribution >= 0.6 is 0 Å². The number of hydrogen-bond acceptors (Lipinski definition) is 3. The molecule has 1 heterocycles. The molecule has 48 heavy (non-hydrogen) atoms. The quantitative estimate of drug-likeness (QED) is 0.139. The summed E-state index contributed by atoms with van der Waals surface area (Å²) in [6.07, 6.45) is 8.50. The van der Waals surface area contributed by atoms with Gasteiger partial charge in [0.1, 0.15) is 5.82 Å². The van der Waals surface area contributed by atoms with Crippen LogP contribution in [0.1, 0.15) is 43.2 Å². The van der Waals surface area contributed by atoms with Gasteiger partial charge in [-0.25, -0.2) is 4.39 Å². The lowest BCUT2D eigenvalue weighted by Gasteiger charge is -2.34. The highest BCUT2D eigenvalue weighted by molar-refractivity contribution is 6.10. The number of anilines is 3. The summed E-state index contributed by atoms with van der Waals surface area (Å²) in [6.45, 7) is 15.0. The normalized spacial score (nSPS) is 15.5. The van der Waals surface area contributed by atoms with Gasteiger partial charge in [0.15, 0.2) is 0 Å². The lowest BCUT2D eigenvalue weighted by Crippen LogP contribution is -2.29. The van der Waals surface area contributed by atoms with E-state index in [-0.39, 0.29) is 17.8 Å². The highest BCUT2D eigenvalue weighted by atomic mass is 19.1. The third kappa shape index (κ3) is 6.65. The number of hydrogen-bond donors (Lipinski definition) is 1. The van der Waals surface area contributed by atoms with Crippen molar-refractivity contribution >= 4 is 33.5 Å². The minimum Gasteiger partial charge on any atom is -0.353 e. The maximum absolute atomic E-state index is 15.4. The Bertz CT molecular complexity index is 2040. The Kier molecular flexibility index (Phi) is 9.82. The monoisotopic (exact) mass is 631 g/mol. The maximum Gasteiger partial charge on any atom is 0.131 e. The first-order valence-electron chi connectivity index (χ1n) is 16.5. The molecule has 1 aliphatic heterocycles. The van der Waals surface area contributed by atoms with E-state index in [0.717, 1.165) is 69.0 Å². The van der Waals surface area contributed by atoms with Gasteiger partial charge in [0.2, 0.25) is 0 Å². The Morgan fingerprint density at radius 3 is 2.33 bits per heavy atom. The minimum atomic E-state index is -0.244. The van der Waals surface area contributed by atoms with Crippen LogP contribution in [0.4, 0.5) is 21.5 Å². The van der Waals surface area contributed by atoms with Crippen LogP contribution in [-0.2, 0) is 0 Å². The number of nitrogens with zero attached hydrogens (tertiary/aromatic N) is 2. The minimum absolute atomic E-state index is 0.00731. The molecule has 3 nitrogen and oxygen atoms in total. The molecule has 1 N–H and O–H groups in total. The molecule has 2 atom stereocenters. The summed E-state index contributed by atoms with van der Waals surface area (Å²) in [4.78, 5) is 7.40. The first-order chi connectivity index (χ1) is 23.4. The van der Waals surface area contributed by atoms with Gasteiger partial charge >= 0.3 is 0 Å². The van der Waals surface area contributed by atoms with Crippen molar-refractivity contribution < 1.29 is 4.39 Å². The zero-order valence-electron chi connectivity index (χ0n) is 27.8. The number of benzene rings is 5. The topological polar surface area (TPSA) is 27.6 Å². The van der Waals surface area contributed by atoms with Gasteiger partial charge in [0.25, 0.3) is 0 Å². The predicted octanol–water partition coefficient (Wildman–Crippen LogP) is 11.8. The fraction of sp³-hybridized carbons (Fsp3) is 0.159. The first-order valence-corrected chi connectivity index (χ1v) is 16.5. The van der Waals surface area contributed by atoms with E-state index in [1.54, 1.807) is 6.07 Å². The molecule has 0 fully saturated rings. The van der Waals surface area contributed by atoms with Gasteiger partial charge in [-0.3, -0.25) is 4.99 Å². The van der Waals surface area contributed by atoms with Gasteiger partial charge in [-0.15, -0.1) is 0 Å². The van der Waals surface area contributed by atoms with Crippen molar-refractivity contribution in [3.63, 3.8) is 0 Å². The highest BCUT2D eigenvalue weighted by Gasteiger charge is 2.31. The van der Waals surface area contributed by atoms with E-state index < -0.39 is 0 Å². The van der Waals surface area contributed by atoms with Crippen molar-refractivity contribution in [3.05, 3.63) is 175 Å². The Balaban J connectivity index is 1.33. The van der Waals surface area contributed by atoms with Crippen molar-refractivity contribution in [1.29, 1.82) is 0 Å². The summed E-state index contributed by atoms with van der Waals surface area (Å²) < 4.78 is 15.4. The number of nitrogens with one attached hydrogen (secondary N) is 1. The molecule has 5 aromatic rings. The van der Waals surface area contributed by atoms with Crippen molar-refractivity contribution in [2.45, 2.75) is 38.1 Å². The number of para-hydroxylation sites is 2. The van der Waals surface area contributed by atoms with Crippen LogP contribution in [-0.4, -0.2) is 18.8 Å². The maximum atomic E-state index is 15.4. The fourth-order valence-electron chi connectivity index (χ4n) is 6.82. The highest BCUT2D eigenvalue weighted by Crippen LogP contribution is 2.42. The van der Waals surface area contributed by atoms with Crippen molar-refractivity contribution in [3.8, 4) is 11.1 Å². The first kappa shape index (κ1) is 32.5. The SMILES string of the molecule is C=CC1=NC(CC(=C)N(C)c2ccccc2Nc2c(-c3ccccc3)cc(F)c3ccccc23)C(CCC(=C)/C=C\C)c2ccccc21. The largest absolute Gasteiger partial charge is 0.353 e. The second-order valence-electron chi connectivity index (χ2n) is 12.3. The molecule has 5 aromatic carbocycles. The molecule has 6 rings (SSSR count). The lowest BCUT2D eigenvalue weighted by atomic mass is 9.79. The molecule has 0 bridgehead atoms. The van der Waals surface area contributed by atoms with Crippen LogP contribution in [0.5, 0.6) is 0 Å². The number of rotatable bonds is 12. The number of fused-ring (bicyclic) bond motifs is 2. The van der Waals surface area contributed by atoms with E-state index in [1.165, 1.54) is 5.56 Å². The average molecular weight is 632 g/mol. The molecule has 2 unspecified atom stereocenters. The van der Waals surface area contributed by atoms with Crippen molar-refractivity contribution in [1.82, 2.24) is 0 Å². The number of halogens is 1. The Morgan fingerprint density at radius 1 is 0.875 bits per heavy atom. The van der Waals surface area contributed by atoms with E-state index in [1.807, 2.05) is 85.8 Å². The van der Waals surface area contributed by atoms with Crippen molar-refractivity contribution in [2.75, 3.05) is 17.3 Å². The number of aliphatic imine (C=N–C) groups is 1. The molecule has 0 saturated carbocycles. The van der Waals surface area contributed by atoms with Crippen LogP contribution < -0.4 is 10.2 Å². The average Bonchev–Trinajstić information content (AvgIpc) is 3.12. The van der Waals surface area contributed by atoms with E-state index in [0.29, 0.717) is 11.8 Å². The molecule has 0 aromatic heterocycles. The van der Waals surface area contributed by atoms with E-state index in [2.05, 4.69) is 79.5 Å². The van der Waals surface area contributed by atoms with Crippen LogP contribution in [0, 0.1) is 5.82 Å². The Hall–Kier alpha value is -5.48. The molecule has 0 saturated heterocycles. The molecular formula is C44H42FN3. The van der Waals surface area contributed by atoms with Gasteiger partial charge in [0, 0.05) is 47.0 Å². The molecule has 240 valence electrons. The summed E-state index contributed by atoms with van der Waals surface area (Å²) in [7, 11) is 2.06. The summed E-state index contributed by atoms with van der Waals surface area (Å²) in [5.74, 6) is -0.0319. The zero-order valence-corrected chi connectivity index (χ0v) is 27.8. The second-order valence-corrected chi connectivity index (χ2v) is 12.3. The second kappa shape index (κ2) is 14.5. The van der Waals surface area contributed by atoms with Crippen LogP contribution in [0.15, 0.2) is 163 Å². The van der Waals surface area contributed by atoms with Crippen LogP contribution in [0.2, 0.25) is 0 Å². The standard InChI is InChI=1S/C44H42FN3/c1-6-17-30(3)26-27-36-33-20-11-13-22-35(33)40(7-2)46-42(36)28-31(4)48(5)43-25-16-15-24-41(43)47-44-37-23-14-12-21-34(37)39(45)29-38(44)32-18-9-8-10-19-32/h6-25,29,36,42,47H,2-4,26-28H2,1,5H3/b17-6-. The summed E-state index contributed by atoms with van der Waals surface area (Å²) in [5.41, 5.74) is 9.92. The van der Waals surface area contributed by atoms with Crippen molar-refractivity contribution in [2.24, 2.45) is 4.99 Å². The van der Waals surface area contributed by atoms with Gasteiger partial charge in [0.05, 0.1) is 28.8 Å². The smallest absolute Gasteiger partial charge is 0.131 e. The van der Waals surface area contributed by atoms with Gasteiger partial charge in [-0.05, 0) is 55.2 Å². The molecule has 1 aliphatic rings. The molecule has 0 radical (unpaired) electrons. The molecular weight excluding hydrogens is 590 g/mol. The summed E-state index contributed by atoms with van der Waals surface area (Å²) in [5, 5.41) is 5.12. The number of allylic oxidation sites excluding steroid dienone is 4. The van der Waals surface area contributed by atoms with Gasteiger partial charge < -0.3 is 10.2 Å².